The Morgan fingerprint density at radius 3 is 2.12 bits per heavy atom. The molecule has 136 valence electrons. The highest BCUT2D eigenvalue weighted by molar-refractivity contribution is 7.99. The molecular formula is C22H26N2OS. The Kier molecular flexibility index (Phi) is 5.49. The van der Waals surface area contributed by atoms with E-state index in [1.807, 2.05) is 11.8 Å². The minimum absolute atomic E-state index is 0.185. The van der Waals surface area contributed by atoms with Gasteiger partial charge in [-0.1, -0.05) is 61.7 Å². The van der Waals surface area contributed by atoms with Crippen molar-refractivity contribution in [2.75, 3.05) is 11.4 Å². The first-order chi connectivity index (χ1) is 12.8. The Bertz CT molecular complexity index is 723. The Morgan fingerprint density at radius 1 is 0.923 bits per heavy atom. The highest BCUT2D eigenvalue weighted by Crippen LogP contribution is 2.47. The molecule has 0 spiro atoms. The van der Waals surface area contributed by atoms with Gasteiger partial charge in [-0.25, -0.2) is 0 Å². The smallest absolute Gasteiger partial charge is 0.222 e. The van der Waals surface area contributed by atoms with Gasteiger partial charge in [0, 0.05) is 28.8 Å². The molecule has 0 bridgehead atoms. The van der Waals surface area contributed by atoms with Crippen molar-refractivity contribution in [3.8, 4) is 0 Å². The van der Waals surface area contributed by atoms with E-state index in [-0.39, 0.29) is 5.91 Å². The maximum atomic E-state index is 12.5. The molecule has 1 heterocycles. The van der Waals surface area contributed by atoms with E-state index in [9.17, 15) is 4.79 Å². The lowest BCUT2D eigenvalue weighted by molar-refractivity contribution is -0.121. The van der Waals surface area contributed by atoms with E-state index in [1.54, 1.807) is 0 Å². The quantitative estimate of drug-likeness (QED) is 0.723. The molecule has 4 rings (SSSR count). The van der Waals surface area contributed by atoms with Crippen LogP contribution < -0.4 is 10.2 Å². The van der Waals surface area contributed by atoms with Crippen LogP contribution in [0.15, 0.2) is 58.3 Å². The van der Waals surface area contributed by atoms with Crippen molar-refractivity contribution in [1.29, 1.82) is 0 Å². The molecule has 0 saturated heterocycles. The number of nitrogens with zero attached hydrogens (tertiary/aromatic N) is 1. The fraction of sp³-hybridized carbons (Fsp3) is 0.409. The normalized spacial score (nSPS) is 17.2. The van der Waals surface area contributed by atoms with E-state index in [1.165, 1.54) is 46.8 Å². The molecule has 1 N–H and O–H groups in total. The average Bonchev–Trinajstić information content (AvgIpc) is 2.93. The van der Waals surface area contributed by atoms with Crippen molar-refractivity contribution in [3.05, 3.63) is 48.5 Å². The standard InChI is InChI=1S/C22H26N2OS/c25-22(23-17-9-3-1-2-4-10-17)15-16-24-18-11-5-7-13-20(18)26-21-14-8-6-12-19(21)24/h5-8,11-14,17H,1-4,9-10,15-16H2,(H,23,25). The number of amides is 1. The number of para-hydroxylation sites is 2. The van der Waals surface area contributed by atoms with E-state index in [4.69, 9.17) is 0 Å². The van der Waals surface area contributed by atoms with Gasteiger partial charge in [0.2, 0.25) is 5.91 Å². The topological polar surface area (TPSA) is 32.3 Å². The van der Waals surface area contributed by atoms with E-state index in [2.05, 4.69) is 58.7 Å². The largest absolute Gasteiger partial charge is 0.353 e. The highest BCUT2D eigenvalue weighted by atomic mass is 32.2. The molecule has 2 aliphatic rings. The molecule has 0 unspecified atom stereocenters. The molecule has 1 amide bonds. The summed E-state index contributed by atoms with van der Waals surface area (Å²) in [7, 11) is 0. The number of fused-ring (bicyclic) bond motifs is 2. The summed E-state index contributed by atoms with van der Waals surface area (Å²) in [6.45, 7) is 0.715. The van der Waals surface area contributed by atoms with Gasteiger partial charge in [0.1, 0.15) is 0 Å². The van der Waals surface area contributed by atoms with Gasteiger partial charge in [-0.05, 0) is 37.1 Å². The van der Waals surface area contributed by atoms with Crippen molar-refractivity contribution in [3.63, 3.8) is 0 Å². The molecular weight excluding hydrogens is 340 g/mol. The van der Waals surface area contributed by atoms with Crippen LogP contribution in [-0.2, 0) is 4.79 Å². The third-order valence-electron chi connectivity index (χ3n) is 5.31. The van der Waals surface area contributed by atoms with E-state index < -0.39 is 0 Å². The van der Waals surface area contributed by atoms with Crippen LogP contribution in [0.1, 0.15) is 44.9 Å². The Balaban J connectivity index is 1.45. The zero-order chi connectivity index (χ0) is 17.8. The average molecular weight is 367 g/mol. The van der Waals surface area contributed by atoms with E-state index in [0.29, 0.717) is 19.0 Å². The number of hydrogen-bond donors (Lipinski definition) is 1. The first-order valence-corrected chi connectivity index (χ1v) is 10.6. The predicted octanol–water partition coefficient (Wildman–Crippen LogP) is 5.52. The molecule has 1 aliphatic carbocycles. The SMILES string of the molecule is O=C(CCN1c2ccccc2Sc2ccccc21)NC1CCCCCC1. The van der Waals surface area contributed by atoms with Gasteiger partial charge in [-0.15, -0.1) is 0 Å². The van der Waals surface area contributed by atoms with Crippen molar-refractivity contribution < 1.29 is 4.79 Å². The van der Waals surface area contributed by atoms with Gasteiger partial charge >= 0.3 is 0 Å². The molecule has 1 saturated carbocycles. The molecule has 3 nitrogen and oxygen atoms in total. The van der Waals surface area contributed by atoms with E-state index in [0.717, 1.165) is 12.8 Å². The molecule has 1 fully saturated rings. The van der Waals surface area contributed by atoms with E-state index >= 15 is 0 Å². The minimum atomic E-state index is 0.185. The fourth-order valence-electron chi connectivity index (χ4n) is 3.96. The lowest BCUT2D eigenvalue weighted by atomic mass is 10.1. The Labute approximate surface area is 160 Å². The molecule has 0 atom stereocenters. The van der Waals surface area contributed by atoms with Gasteiger partial charge in [0.15, 0.2) is 0 Å². The summed E-state index contributed by atoms with van der Waals surface area (Å²) < 4.78 is 0. The number of nitrogens with one attached hydrogen (secondary N) is 1. The van der Waals surface area contributed by atoms with Crippen molar-refractivity contribution in [2.45, 2.75) is 60.8 Å². The number of hydrogen-bond acceptors (Lipinski definition) is 3. The van der Waals surface area contributed by atoms with Crippen LogP contribution in [0.25, 0.3) is 0 Å². The monoisotopic (exact) mass is 366 g/mol. The third kappa shape index (κ3) is 3.90. The van der Waals surface area contributed by atoms with Crippen LogP contribution in [0.4, 0.5) is 11.4 Å². The van der Waals surface area contributed by atoms with Gasteiger partial charge < -0.3 is 10.2 Å². The van der Waals surface area contributed by atoms with Crippen LogP contribution in [-0.4, -0.2) is 18.5 Å². The van der Waals surface area contributed by atoms with Crippen LogP contribution in [0.3, 0.4) is 0 Å². The summed E-state index contributed by atoms with van der Waals surface area (Å²) in [5, 5.41) is 3.28. The second kappa shape index (κ2) is 8.17. The summed E-state index contributed by atoms with van der Waals surface area (Å²) in [6.07, 6.45) is 7.92. The maximum absolute atomic E-state index is 12.5. The molecule has 1 aliphatic heterocycles. The molecule has 0 radical (unpaired) electrons. The zero-order valence-electron chi connectivity index (χ0n) is 15.1. The molecule has 2 aromatic rings. The summed E-state index contributed by atoms with van der Waals surface area (Å²) >= 11 is 1.81. The minimum Gasteiger partial charge on any atom is -0.353 e. The van der Waals surface area contributed by atoms with Gasteiger partial charge in [0.25, 0.3) is 0 Å². The first kappa shape index (κ1) is 17.5. The number of carbonyl (C=O) groups excluding carboxylic acids is 1. The predicted molar refractivity (Wildman–Crippen MR) is 108 cm³/mol. The Hall–Kier alpha value is -1.94. The summed E-state index contributed by atoms with van der Waals surface area (Å²) in [5.41, 5.74) is 2.41. The van der Waals surface area contributed by atoms with Crippen LogP contribution in [0, 0.1) is 0 Å². The maximum Gasteiger partial charge on any atom is 0.222 e. The summed E-state index contributed by atoms with van der Waals surface area (Å²) in [6, 6.07) is 17.3. The fourth-order valence-corrected chi connectivity index (χ4v) is 5.05. The number of rotatable bonds is 4. The van der Waals surface area contributed by atoms with Crippen molar-refractivity contribution >= 4 is 29.0 Å². The van der Waals surface area contributed by atoms with Gasteiger partial charge in [-0.2, -0.15) is 0 Å². The molecule has 0 aromatic heterocycles. The van der Waals surface area contributed by atoms with Gasteiger partial charge in [0.05, 0.1) is 11.4 Å². The van der Waals surface area contributed by atoms with Crippen molar-refractivity contribution in [1.82, 2.24) is 5.32 Å². The summed E-state index contributed by atoms with van der Waals surface area (Å²) in [5.74, 6) is 0.185. The van der Waals surface area contributed by atoms with Gasteiger partial charge in [-0.3, -0.25) is 4.79 Å². The zero-order valence-corrected chi connectivity index (χ0v) is 15.9. The number of anilines is 2. The third-order valence-corrected chi connectivity index (χ3v) is 6.45. The molecule has 4 heteroatoms. The Morgan fingerprint density at radius 2 is 1.50 bits per heavy atom. The second-order valence-electron chi connectivity index (χ2n) is 7.20. The molecule has 2 aromatic carbocycles. The van der Waals surface area contributed by atoms with Crippen molar-refractivity contribution in [2.24, 2.45) is 0 Å². The van der Waals surface area contributed by atoms with Crippen LogP contribution >= 0.6 is 11.8 Å². The highest BCUT2D eigenvalue weighted by Gasteiger charge is 2.23. The lowest BCUT2D eigenvalue weighted by Gasteiger charge is -2.32. The number of carbonyl (C=O) groups is 1. The van der Waals surface area contributed by atoms with Crippen LogP contribution in [0.5, 0.6) is 0 Å². The lowest BCUT2D eigenvalue weighted by Crippen LogP contribution is -2.36. The molecule has 26 heavy (non-hydrogen) atoms. The number of benzene rings is 2. The second-order valence-corrected chi connectivity index (χ2v) is 8.28. The summed E-state index contributed by atoms with van der Waals surface area (Å²) in [4.78, 5) is 17.4. The first-order valence-electron chi connectivity index (χ1n) is 9.74. The van der Waals surface area contributed by atoms with Crippen LogP contribution in [0.2, 0.25) is 0 Å².